The van der Waals surface area contributed by atoms with E-state index in [1.165, 1.54) is 49.9 Å². The molecule has 17 heavy (non-hydrogen) atoms. The molecular weight excluding hydrogens is 208 g/mol. The van der Waals surface area contributed by atoms with Crippen LogP contribution in [0.25, 0.3) is 0 Å². The molecule has 1 aromatic carbocycles. The SMILES string of the molecule is CCCC1CCCCN1c1cc(C)cc(N)c1. The Morgan fingerprint density at radius 2 is 2.12 bits per heavy atom. The smallest absolute Gasteiger partial charge is 0.0392 e. The van der Waals surface area contributed by atoms with Crippen molar-refractivity contribution >= 4 is 11.4 Å². The summed E-state index contributed by atoms with van der Waals surface area (Å²) in [6.45, 7) is 5.59. The van der Waals surface area contributed by atoms with Crippen LogP contribution in [0.4, 0.5) is 11.4 Å². The van der Waals surface area contributed by atoms with Crippen LogP contribution in [-0.2, 0) is 0 Å². The fraction of sp³-hybridized carbons (Fsp3) is 0.600. The summed E-state index contributed by atoms with van der Waals surface area (Å²) < 4.78 is 0. The molecule has 1 aliphatic rings. The van der Waals surface area contributed by atoms with Gasteiger partial charge in [-0.05, 0) is 56.4 Å². The minimum Gasteiger partial charge on any atom is -0.399 e. The zero-order valence-electron chi connectivity index (χ0n) is 11.1. The van der Waals surface area contributed by atoms with E-state index in [9.17, 15) is 0 Å². The molecule has 0 bridgehead atoms. The van der Waals surface area contributed by atoms with Gasteiger partial charge in [0.25, 0.3) is 0 Å². The van der Waals surface area contributed by atoms with Gasteiger partial charge in [-0.2, -0.15) is 0 Å². The van der Waals surface area contributed by atoms with Gasteiger partial charge in [-0.15, -0.1) is 0 Å². The number of aryl methyl sites for hydroxylation is 1. The lowest BCUT2D eigenvalue weighted by molar-refractivity contribution is 0.435. The van der Waals surface area contributed by atoms with Crippen molar-refractivity contribution < 1.29 is 0 Å². The Morgan fingerprint density at radius 3 is 2.82 bits per heavy atom. The third-order valence-electron chi connectivity index (χ3n) is 3.67. The lowest BCUT2D eigenvalue weighted by atomic mass is 9.97. The number of nitrogens with two attached hydrogens (primary N) is 1. The lowest BCUT2D eigenvalue weighted by Crippen LogP contribution is -2.39. The lowest BCUT2D eigenvalue weighted by Gasteiger charge is -2.38. The first kappa shape index (κ1) is 12.3. The highest BCUT2D eigenvalue weighted by molar-refractivity contribution is 5.59. The van der Waals surface area contributed by atoms with Gasteiger partial charge in [0.1, 0.15) is 0 Å². The monoisotopic (exact) mass is 232 g/mol. The van der Waals surface area contributed by atoms with E-state index >= 15 is 0 Å². The number of benzene rings is 1. The summed E-state index contributed by atoms with van der Waals surface area (Å²) in [5, 5.41) is 0. The van der Waals surface area contributed by atoms with E-state index in [1.807, 2.05) is 6.07 Å². The number of hydrogen-bond acceptors (Lipinski definition) is 2. The van der Waals surface area contributed by atoms with E-state index in [0.29, 0.717) is 0 Å². The van der Waals surface area contributed by atoms with Gasteiger partial charge < -0.3 is 10.6 Å². The molecule has 0 aliphatic carbocycles. The Bertz CT molecular complexity index is 351. The quantitative estimate of drug-likeness (QED) is 0.804. The van der Waals surface area contributed by atoms with Crippen LogP contribution in [-0.4, -0.2) is 12.6 Å². The molecule has 94 valence electrons. The number of rotatable bonds is 3. The first-order valence-corrected chi connectivity index (χ1v) is 6.84. The molecule has 0 radical (unpaired) electrons. The van der Waals surface area contributed by atoms with Crippen molar-refractivity contribution in [3.63, 3.8) is 0 Å². The third-order valence-corrected chi connectivity index (χ3v) is 3.67. The molecule has 1 atom stereocenters. The summed E-state index contributed by atoms with van der Waals surface area (Å²) in [5.41, 5.74) is 9.43. The van der Waals surface area contributed by atoms with Gasteiger partial charge in [0, 0.05) is 24.0 Å². The van der Waals surface area contributed by atoms with E-state index in [0.717, 1.165) is 11.7 Å². The van der Waals surface area contributed by atoms with E-state index in [4.69, 9.17) is 5.73 Å². The Labute approximate surface area is 105 Å². The van der Waals surface area contributed by atoms with Gasteiger partial charge in [-0.3, -0.25) is 0 Å². The Morgan fingerprint density at radius 1 is 1.29 bits per heavy atom. The number of piperidine rings is 1. The number of hydrogen-bond donors (Lipinski definition) is 1. The average Bonchev–Trinajstić information content (AvgIpc) is 2.29. The molecule has 1 heterocycles. The zero-order chi connectivity index (χ0) is 12.3. The fourth-order valence-corrected chi connectivity index (χ4v) is 2.93. The van der Waals surface area contributed by atoms with E-state index in [2.05, 4.69) is 30.9 Å². The predicted molar refractivity (Wildman–Crippen MR) is 75.5 cm³/mol. The average molecular weight is 232 g/mol. The van der Waals surface area contributed by atoms with Crippen molar-refractivity contribution in [3.8, 4) is 0 Å². The topological polar surface area (TPSA) is 29.3 Å². The second-order valence-electron chi connectivity index (χ2n) is 5.23. The molecule has 2 heteroatoms. The van der Waals surface area contributed by atoms with Crippen molar-refractivity contribution in [2.75, 3.05) is 17.2 Å². The molecule has 1 saturated heterocycles. The summed E-state index contributed by atoms with van der Waals surface area (Å²) in [5.74, 6) is 0. The third kappa shape index (κ3) is 2.93. The summed E-state index contributed by atoms with van der Waals surface area (Å²) in [6.07, 6.45) is 6.59. The maximum atomic E-state index is 5.96. The first-order valence-electron chi connectivity index (χ1n) is 6.84. The van der Waals surface area contributed by atoms with Crippen LogP contribution in [0.15, 0.2) is 18.2 Å². The highest BCUT2D eigenvalue weighted by atomic mass is 15.2. The summed E-state index contributed by atoms with van der Waals surface area (Å²) in [7, 11) is 0. The van der Waals surface area contributed by atoms with Crippen molar-refractivity contribution in [1.82, 2.24) is 0 Å². The molecule has 2 rings (SSSR count). The molecule has 1 fully saturated rings. The van der Waals surface area contributed by atoms with Crippen LogP contribution in [0.1, 0.15) is 44.6 Å². The molecule has 2 N–H and O–H groups in total. The summed E-state index contributed by atoms with van der Waals surface area (Å²) in [6, 6.07) is 7.16. The molecule has 1 unspecified atom stereocenters. The first-order chi connectivity index (χ1) is 8.20. The molecule has 1 aliphatic heterocycles. The summed E-state index contributed by atoms with van der Waals surface area (Å²) in [4.78, 5) is 2.57. The van der Waals surface area contributed by atoms with Gasteiger partial charge in [-0.1, -0.05) is 13.3 Å². The van der Waals surface area contributed by atoms with Gasteiger partial charge in [0.15, 0.2) is 0 Å². The molecular formula is C15H24N2. The minimum absolute atomic E-state index is 0.718. The van der Waals surface area contributed by atoms with E-state index in [1.54, 1.807) is 0 Å². The van der Waals surface area contributed by atoms with Crippen molar-refractivity contribution in [2.24, 2.45) is 0 Å². The fourth-order valence-electron chi connectivity index (χ4n) is 2.93. The Hall–Kier alpha value is -1.18. The van der Waals surface area contributed by atoms with E-state index < -0.39 is 0 Å². The molecule has 0 aromatic heterocycles. The van der Waals surface area contributed by atoms with Crippen LogP contribution in [0.5, 0.6) is 0 Å². The van der Waals surface area contributed by atoms with Crippen molar-refractivity contribution in [1.29, 1.82) is 0 Å². The standard InChI is InChI=1S/C15H24N2/c1-3-6-14-7-4-5-8-17(14)15-10-12(2)9-13(16)11-15/h9-11,14H,3-8,16H2,1-2H3. The molecule has 2 nitrogen and oxygen atoms in total. The number of anilines is 2. The maximum absolute atomic E-state index is 5.96. The van der Waals surface area contributed by atoms with Crippen LogP contribution in [0.3, 0.4) is 0 Å². The summed E-state index contributed by atoms with van der Waals surface area (Å²) >= 11 is 0. The second kappa shape index (κ2) is 5.44. The molecule has 0 amide bonds. The number of nitrogen functional groups attached to an aromatic ring is 1. The normalized spacial score (nSPS) is 20.6. The molecule has 0 saturated carbocycles. The van der Waals surface area contributed by atoms with Crippen LogP contribution >= 0.6 is 0 Å². The van der Waals surface area contributed by atoms with Crippen molar-refractivity contribution in [3.05, 3.63) is 23.8 Å². The predicted octanol–water partition coefficient (Wildman–Crippen LogP) is 3.74. The van der Waals surface area contributed by atoms with E-state index in [-0.39, 0.29) is 0 Å². The van der Waals surface area contributed by atoms with Crippen LogP contribution in [0, 0.1) is 6.92 Å². The minimum atomic E-state index is 0.718. The van der Waals surface area contributed by atoms with Gasteiger partial charge in [-0.25, -0.2) is 0 Å². The maximum Gasteiger partial charge on any atom is 0.0392 e. The van der Waals surface area contributed by atoms with Crippen molar-refractivity contribution in [2.45, 2.75) is 52.0 Å². The second-order valence-corrected chi connectivity index (χ2v) is 5.23. The largest absolute Gasteiger partial charge is 0.399 e. The van der Waals surface area contributed by atoms with Gasteiger partial charge in [0.05, 0.1) is 0 Å². The Kier molecular flexibility index (Phi) is 3.93. The highest BCUT2D eigenvalue weighted by Crippen LogP contribution is 2.29. The number of nitrogens with zero attached hydrogens (tertiary/aromatic N) is 1. The highest BCUT2D eigenvalue weighted by Gasteiger charge is 2.21. The molecule has 0 spiro atoms. The van der Waals surface area contributed by atoms with Gasteiger partial charge >= 0.3 is 0 Å². The molecule has 1 aromatic rings. The zero-order valence-corrected chi connectivity index (χ0v) is 11.1. The van der Waals surface area contributed by atoms with Gasteiger partial charge in [0.2, 0.25) is 0 Å². The Balaban J connectivity index is 2.22. The van der Waals surface area contributed by atoms with Crippen LogP contribution < -0.4 is 10.6 Å². The van der Waals surface area contributed by atoms with Crippen LogP contribution in [0.2, 0.25) is 0 Å².